The molecule has 0 saturated carbocycles. The third-order valence-corrected chi connectivity index (χ3v) is 4.47. The number of amides is 1. The van der Waals surface area contributed by atoms with Crippen molar-refractivity contribution in [3.8, 4) is 0 Å². The number of ether oxygens (including phenoxy) is 1. The van der Waals surface area contributed by atoms with Crippen molar-refractivity contribution in [2.45, 2.75) is 91.1 Å². The predicted molar refractivity (Wildman–Crippen MR) is 103 cm³/mol. The second-order valence-corrected chi connectivity index (χ2v) is 8.24. The van der Waals surface area contributed by atoms with Gasteiger partial charge in [0.25, 0.3) is 0 Å². The molecule has 0 bridgehead atoms. The Balaban J connectivity index is 2.08. The van der Waals surface area contributed by atoms with Gasteiger partial charge in [0.15, 0.2) is 0 Å². The Hall–Kier alpha value is -1.30. The summed E-state index contributed by atoms with van der Waals surface area (Å²) < 4.78 is 5.24. The van der Waals surface area contributed by atoms with Crippen LogP contribution in [0.1, 0.15) is 85.5 Å². The molecule has 1 N–H and O–H groups in total. The van der Waals surface area contributed by atoms with Crippen molar-refractivity contribution >= 4 is 12.1 Å². The van der Waals surface area contributed by atoms with Crippen molar-refractivity contribution in [3.63, 3.8) is 0 Å². The van der Waals surface area contributed by atoms with Crippen LogP contribution in [0.15, 0.2) is 0 Å². The zero-order chi connectivity index (χ0) is 19.4. The fourth-order valence-corrected chi connectivity index (χ4v) is 2.99. The second-order valence-electron chi connectivity index (χ2n) is 8.24. The second kappa shape index (κ2) is 12.2. The number of nitrogens with one attached hydrogen (secondary N) is 1. The third-order valence-electron chi connectivity index (χ3n) is 4.47. The maximum Gasteiger partial charge on any atom is 0.407 e. The summed E-state index contributed by atoms with van der Waals surface area (Å²) in [7, 11) is 0. The fourth-order valence-electron chi connectivity index (χ4n) is 2.99. The molecule has 1 aliphatic heterocycles. The molecule has 1 amide bonds. The summed E-state index contributed by atoms with van der Waals surface area (Å²) in [4.78, 5) is 29.0. The van der Waals surface area contributed by atoms with E-state index in [2.05, 4.69) is 12.2 Å². The van der Waals surface area contributed by atoms with Gasteiger partial charge in [0.05, 0.1) is 0 Å². The number of carbonyl (C=O) groups is 2. The quantitative estimate of drug-likeness (QED) is 0.576. The van der Waals surface area contributed by atoms with Crippen LogP contribution in [0.25, 0.3) is 0 Å². The Bertz CT molecular complexity index is 413. The van der Waals surface area contributed by atoms with Gasteiger partial charge >= 0.3 is 12.1 Å². The number of hydrogen-bond donors (Lipinski definition) is 1. The van der Waals surface area contributed by atoms with Crippen LogP contribution < -0.4 is 5.32 Å². The molecule has 152 valence electrons. The van der Waals surface area contributed by atoms with E-state index in [0.29, 0.717) is 18.9 Å². The first-order chi connectivity index (χ1) is 12.3. The van der Waals surface area contributed by atoms with E-state index >= 15 is 0 Å². The van der Waals surface area contributed by atoms with Crippen LogP contribution in [0.3, 0.4) is 0 Å². The van der Waals surface area contributed by atoms with E-state index in [-0.39, 0.29) is 12.1 Å². The average molecular weight is 371 g/mol. The first kappa shape index (κ1) is 22.7. The number of rotatable bonds is 10. The molecular formula is C20H38N2O4. The van der Waals surface area contributed by atoms with E-state index in [9.17, 15) is 9.59 Å². The molecule has 0 aromatic carbocycles. The Morgan fingerprint density at radius 2 is 1.65 bits per heavy atom. The van der Waals surface area contributed by atoms with Gasteiger partial charge in [-0.3, -0.25) is 4.79 Å². The Kier molecular flexibility index (Phi) is 10.6. The molecule has 26 heavy (non-hydrogen) atoms. The van der Waals surface area contributed by atoms with Gasteiger partial charge in [0.1, 0.15) is 5.60 Å². The molecule has 6 heteroatoms. The van der Waals surface area contributed by atoms with Crippen molar-refractivity contribution in [3.05, 3.63) is 0 Å². The van der Waals surface area contributed by atoms with Crippen LogP contribution in [-0.4, -0.2) is 42.4 Å². The molecule has 0 aromatic rings. The van der Waals surface area contributed by atoms with Crippen molar-refractivity contribution in [2.24, 2.45) is 5.92 Å². The van der Waals surface area contributed by atoms with Crippen LogP contribution in [-0.2, 0) is 14.4 Å². The van der Waals surface area contributed by atoms with E-state index < -0.39 is 5.60 Å². The Morgan fingerprint density at radius 1 is 1.04 bits per heavy atom. The molecule has 0 atom stereocenters. The van der Waals surface area contributed by atoms with E-state index in [1.54, 1.807) is 5.06 Å². The Morgan fingerprint density at radius 3 is 2.27 bits per heavy atom. The van der Waals surface area contributed by atoms with E-state index in [1.165, 1.54) is 25.7 Å². The molecule has 6 nitrogen and oxygen atoms in total. The molecule has 0 unspecified atom stereocenters. The number of carbonyl (C=O) groups excluding carboxylic acids is 2. The molecule has 1 rings (SSSR count). The number of nitrogens with zero attached hydrogens (tertiary/aromatic N) is 1. The topological polar surface area (TPSA) is 67.9 Å². The largest absolute Gasteiger partial charge is 0.444 e. The van der Waals surface area contributed by atoms with E-state index in [0.717, 1.165) is 38.8 Å². The summed E-state index contributed by atoms with van der Waals surface area (Å²) in [6.07, 6.45) is 8.95. The summed E-state index contributed by atoms with van der Waals surface area (Å²) in [5.74, 6) is 0.279. The minimum atomic E-state index is -0.475. The molecule has 0 aromatic heterocycles. The third kappa shape index (κ3) is 11.3. The average Bonchev–Trinajstić information content (AvgIpc) is 2.56. The van der Waals surface area contributed by atoms with Gasteiger partial charge in [-0.15, -0.1) is 5.06 Å². The van der Waals surface area contributed by atoms with Crippen LogP contribution in [0.5, 0.6) is 0 Å². The highest BCUT2D eigenvalue weighted by Gasteiger charge is 2.23. The van der Waals surface area contributed by atoms with Gasteiger partial charge in [-0.05, 0) is 46.0 Å². The maximum absolute atomic E-state index is 11.9. The predicted octanol–water partition coefficient (Wildman–Crippen LogP) is 4.43. The SMILES string of the molecule is CCCCCCCCC(=O)ON1CCC(CNC(=O)OC(C)(C)C)CC1. The van der Waals surface area contributed by atoms with Crippen molar-refractivity contribution in [1.82, 2.24) is 10.4 Å². The standard InChI is InChI=1S/C20H38N2O4/c1-5-6-7-8-9-10-11-18(23)26-22-14-12-17(13-15-22)16-21-19(24)25-20(2,3)4/h17H,5-16H2,1-4H3,(H,21,24). The van der Waals surface area contributed by atoms with E-state index in [1.807, 2.05) is 20.8 Å². The summed E-state index contributed by atoms with van der Waals surface area (Å²) in [5.41, 5.74) is -0.475. The zero-order valence-corrected chi connectivity index (χ0v) is 17.1. The molecule has 0 aliphatic carbocycles. The van der Waals surface area contributed by atoms with Gasteiger partial charge in [-0.1, -0.05) is 39.0 Å². The molecule has 0 radical (unpaired) electrons. The van der Waals surface area contributed by atoms with Gasteiger partial charge in [-0.2, -0.15) is 0 Å². The first-order valence-electron chi connectivity index (χ1n) is 10.2. The lowest BCUT2D eigenvalue weighted by molar-refractivity contribution is -0.196. The van der Waals surface area contributed by atoms with Gasteiger partial charge in [0, 0.05) is 26.1 Å². The van der Waals surface area contributed by atoms with Crippen LogP contribution in [0.4, 0.5) is 4.79 Å². The van der Waals surface area contributed by atoms with Gasteiger partial charge in [0.2, 0.25) is 0 Å². The van der Waals surface area contributed by atoms with Crippen LogP contribution in [0, 0.1) is 5.92 Å². The van der Waals surface area contributed by atoms with Crippen LogP contribution >= 0.6 is 0 Å². The summed E-state index contributed by atoms with van der Waals surface area (Å²) in [6, 6.07) is 0. The lowest BCUT2D eigenvalue weighted by atomic mass is 9.98. The van der Waals surface area contributed by atoms with Gasteiger partial charge < -0.3 is 14.9 Å². The lowest BCUT2D eigenvalue weighted by Gasteiger charge is -2.30. The minimum Gasteiger partial charge on any atom is -0.444 e. The van der Waals surface area contributed by atoms with Crippen LogP contribution in [0.2, 0.25) is 0 Å². The maximum atomic E-state index is 11.9. The number of hydrogen-bond acceptors (Lipinski definition) is 5. The van der Waals surface area contributed by atoms with Crippen molar-refractivity contribution in [1.29, 1.82) is 0 Å². The number of alkyl carbamates (subject to hydrolysis) is 1. The normalized spacial score (nSPS) is 16.3. The monoisotopic (exact) mass is 370 g/mol. The van der Waals surface area contributed by atoms with E-state index in [4.69, 9.17) is 9.57 Å². The highest BCUT2D eigenvalue weighted by atomic mass is 16.7. The lowest BCUT2D eigenvalue weighted by Crippen LogP contribution is -2.40. The number of hydroxylamine groups is 2. The summed E-state index contributed by atoms with van der Waals surface area (Å²) in [5, 5.41) is 4.59. The fraction of sp³-hybridized carbons (Fsp3) is 0.900. The first-order valence-corrected chi connectivity index (χ1v) is 10.2. The summed E-state index contributed by atoms with van der Waals surface area (Å²) >= 11 is 0. The van der Waals surface area contributed by atoms with Crippen molar-refractivity contribution < 1.29 is 19.2 Å². The zero-order valence-electron chi connectivity index (χ0n) is 17.1. The summed E-state index contributed by atoms with van der Waals surface area (Å²) in [6.45, 7) is 9.81. The van der Waals surface area contributed by atoms with Gasteiger partial charge in [-0.25, -0.2) is 4.79 Å². The molecule has 1 aliphatic rings. The smallest absolute Gasteiger partial charge is 0.407 e. The molecule has 1 fully saturated rings. The Labute approximate surface area is 158 Å². The highest BCUT2D eigenvalue weighted by molar-refractivity contribution is 5.69. The highest BCUT2D eigenvalue weighted by Crippen LogP contribution is 2.18. The molecular weight excluding hydrogens is 332 g/mol. The molecule has 1 saturated heterocycles. The molecule has 0 spiro atoms. The minimum absolute atomic E-state index is 0.120. The van der Waals surface area contributed by atoms with Crippen molar-refractivity contribution in [2.75, 3.05) is 19.6 Å². The molecule has 1 heterocycles. The number of piperidine rings is 1. The number of unbranched alkanes of at least 4 members (excludes halogenated alkanes) is 5.